The second kappa shape index (κ2) is 4.99. The Kier molecular flexibility index (Phi) is 3.52. The normalized spacial score (nSPS) is 27.7. The molecule has 1 aromatic rings. The third-order valence-corrected chi connectivity index (χ3v) is 5.48. The summed E-state index contributed by atoms with van der Waals surface area (Å²) in [7, 11) is 0. The molecule has 1 saturated heterocycles. The minimum Gasteiger partial charge on any atom is -0.377 e. The van der Waals surface area contributed by atoms with Crippen molar-refractivity contribution in [1.82, 2.24) is 9.97 Å². The van der Waals surface area contributed by atoms with Gasteiger partial charge in [-0.3, -0.25) is 0 Å². The molecule has 0 N–H and O–H groups in total. The van der Waals surface area contributed by atoms with Crippen molar-refractivity contribution >= 4 is 23.4 Å². The Morgan fingerprint density at radius 3 is 2.67 bits per heavy atom. The van der Waals surface area contributed by atoms with Crippen LogP contribution in [0, 0.1) is 6.92 Å². The second-order valence-corrected chi connectivity index (χ2v) is 6.68. The SMILES string of the molecule is Cc1c(Cl)nc(C2CC2)nc1SC1CCOC1C. The average Bonchev–Trinajstić information content (AvgIpc) is 3.11. The highest BCUT2D eigenvalue weighted by atomic mass is 35.5. The van der Waals surface area contributed by atoms with E-state index < -0.39 is 0 Å². The number of hydrogen-bond donors (Lipinski definition) is 0. The zero-order valence-electron chi connectivity index (χ0n) is 10.6. The molecule has 98 valence electrons. The monoisotopic (exact) mass is 284 g/mol. The zero-order chi connectivity index (χ0) is 12.7. The number of thioether (sulfide) groups is 1. The standard InChI is InChI=1S/C13H17ClN2OS/c1-7-11(14)15-12(9-3-4-9)16-13(7)18-10-5-6-17-8(10)2/h8-10H,3-6H2,1-2H3. The van der Waals surface area contributed by atoms with Crippen molar-refractivity contribution < 1.29 is 4.74 Å². The van der Waals surface area contributed by atoms with Gasteiger partial charge >= 0.3 is 0 Å². The highest BCUT2D eigenvalue weighted by molar-refractivity contribution is 8.00. The smallest absolute Gasteiger partial charge is 0.136 e. The summed E-state index contributed by atoms with van der Waals surface area (Å²) in [6, 6.07) is 0. The predicted molar refractivity (Wildman–Crippen MR) is 73.4 cm³/mol. The summed E-state index contributed by atoms with van der Waals surface area (Å²) in [6.45, 7) is 4.98. The lowest BCUT2D eigenvalue weighted by Gasteiger charge is -2.15. The highest BCUT2D eigenvalue weighted by Gasteiger charge is 2.30. The molecule has 0 aromatic carbocycles. The van der Waals surface area contributed by atoms with Gasteiger partial charge in [-0.2, -0.15) is 0 Å². The first-order valence-corrected chi connectivity index (χ1v) is 7.73. The summed E-state index contributed by atoms with van der Waals surface area (Å²) in [5.74, 6) is 1.47. The van der Waals surface area contributed by atoms with Gasteiger partial charge in [0, 0.05) is 23.3 Å². The molecule has 0 spiro atoms. The van der Waals surface area contributed by atoms with E-state index in [0.717, 1.165) is 29.4 Å². The summed E-state index contributed by atoms with van der Waals surface area (Å²) in [6.07, 6.45) is 3.79. The molecule has 18 heavy (non-hydrogen) atoms. The lowest BCUT2D eigenvalue weighted by Crippen LogP contribution is -2.14. The molecule has 3 rings (SSSR count). The number of rotatable bonds is 3. The van der Waals surface area contributed by atoms with E-state index in [1.165, 1.54) is 12.8 Å². The van der Waals surface area contributed by atoms with Crippen molar-refractivity contribution in [2.75, 3.05) is 6.61 Å². The lowest BCUT2D eigenvalue weighted by atomic mass is 10.3. The average molecular weight is 285 g/mol. The van der Waals surface area contributed by atoms with Crippen LogP contribution in [-0.2, 0) is 4.74 Å². The van der Waals surface area contributed by atoms with Crippen LogP contribution in [0.5, 0.6) is 0 Å². The van der Waals surface area contributed by atoms with Gasteiger partial charge in [-0.1, -0.05) is 23.4 Å². The van der Waals surface area contributed by atoms with E-state index in [4.69, 9.17) is 21.3 Å². The molecule has 5 heteroatoms. The quantitative estimate of drug-likeness (QED) is 0.795. The number of halogens is 1. The number of hydrogen-bond acceptors (Lipinski definition) is 4. The Labute approximate surface area is 117 Å². The Bertz CT molecular complexity index is 465. The molecule has 2 heterocycles. The summed E-state index contributed by atoms with van der Waals surface area (Å²) in [5.41, 5.74) is 1.00. The van der Waals surface area contributed by atoms with Gasteiger partial charge in [0.15, 0.2) is 0 Å². The maximum atomic E-state index is 6.22. The third-order valence-electron chi connectivity index (χ3n) is 3.57. The van der Waals surface area contributed by atoms with Gasteiger partial charge < -0.3 is 4.74 Å². The van der Waals surface area contributed by atoms with Gasteiger partial charge in [-0.25, -0.2) is 9.97 Å². The van der Waals surface area contributed by atoms with Crippen molar-refractivity contribution in [3.63, 3.8) is 0 Å². The van der Waals surface area contributed by atoms with Gasteiger partial charge in [0.05, 0.1) is 6.10 Å². The fourth-order valence-corrected chi connectivity index (χ4v) is 3.56. The largest absolute Gasteiger partial charge is 0.377 e. The van der Waals surface area contributed by atoms with Crippen molar-refractivity contribution in [3.05, 3.63) is 16.5 Å². The van der Waals surface area contributed by atoms with E-state index in [-0.39, 0.29) is 0 Å². The van der Waals surface area contributed by atoms with Crippen LogP contribution in [-0.4, -0.2) is 27.9 Å². The molecule has 2 fully saturated rings. The van der Waals surface area contributed by atoms with Crippen LogP contribution < -0.4 is 0 Å². The van der Waals surface area contributed by atoms with Gasteiger partial charge in [-0.15, -0.1) is 0 Å². The van der Waals surface area contributed by atoms with Crippen LogP contribution in [0.25, 0.3) is 0 Å². The van der Waals surface area contributed by atoms with Crippen molar-refractivity contribution in [1.29, 1.82) is 0 Å². The first-order chi connectivity index (χ1) is 8.65. The van der Waals surface area contributed by atoms with E-state index in [0.29, 0.717) is 22.4 Å². The van der Waals surface area contributed by atoms with Gasteiger partial charge in [-0.05, 0) is 33.1 Å². The van der Waals surface area contributed by atoms with E-state index >= 15 is 0 Å². The molecular formula is C13H17ClN2OS. The van der Waals surface area contributed by atoms with Crippen LogP contribution in [0.1, 0.15) is 43.5 Å². The maximum Gasteiger partial charge on any atom is 0.136 e. The minimum absolute atomic E-state index is 0.299. The predicted octanol–water partition coefficient (Wildman–Crippen LogP) is 3.59. The molecule has 2 unspecified atom stereocenters. The number of nitrogens with zero attached hydrogens (tertiary/aromatic N) is 2. The van der Waals surface area contributed by atoms with Gasteiger partial charge in [0.2, 0.25) is 0 Å². The summed E-state index contributed by atoms with van der Waals surface area (Å²) < 4.78 is 5.60. The second-order valence-electron chi connectivity index (χ2n) is 5.10. The van der Waals surface area contributed by atoms with Crippen LogP contribution in [0.4, 0.5) is 0 Å². The molecule has 1 saturated carbocycles. The topological polar surface area (TPSA) is 35.0 Å². The van der Waals surface area contributed by atoms with Gasteiger partial charge in [0.1, 0.15) is 16.0 Å². The Hall–Kier alpha value is -0.320. The van der Waals surface area contributed by atoms with Crippen molar-refractivity contribution in [2.24, 2.45) is 0 Å². The molecule has 1 aliphatic carbocycles. The summed E-state index contributed by atoms with van der Waals surface area (Å²) in [5, 5.41) is 2.14. The fourth-order valence-electron chi connectivity index (χ4n) is 2.13. The first-order valence-electron chi connectivity index (χ1n) is 6.47. The first kappa shape index (κ1) is 12.7. The number of ether oxygens (including phenoxy) is 1. The molecule has 1 aromatic heterocycles. The zero-order valence-corrected chi connectivity index (χ0v) is 12.2. The number of aromatic nitrogens is 2. The van der Waals surface area contributed by atoms with E-state index in [1.54, 1.807) is 11.8 Å². The van der Waals surface area contributed by atoms with Crippen LogP contribution >= 0.6 is 23.4 Å². The van der Waals surface area contributed by atoms with Crippen molar-refractivity contribution in [2.45, 2.75) is 55.4 Å². The summed E-state index contributed by atoms with van der Waals surface area (Å²) in [4.78, 5) is 9.10. The molecule has 2 atom stereocenters. The Balaban J connectivity index is 1.85. The highest BCUT2D eigenvalue weighted by Crippen LogP contribution is 2.41. The van der Waals surface area contributed by atoms with Gasteiger partial charge in [0.25, 0.3) is 0 Å². The fraction of sp³-hybridized carbons (Fsp3) is 0.692. The molecule has 0 amide bonds. The minimum atomic E-state index is 0.299. The maximum absolute atomic E-state index is 6.22. The Morgan fingerprint density at radius 2 is 2.06 bits per heavy atom. The third kappa shape index (κ3) is 2.51. The molecule has 0 radical (unpaired) electrons. The molecule has 1 aliphatic heterocycles. The van der Waals surface area contributed by atoms with Crippen LogP contribution in [0.3, 0.4) is 0 Å². The van der Waals surface area contributed by atoms with E-state index in [9.17, 15) is 0 Å². The lowest BCUT2D eigenvalue weighted by molar-refractivity contribution is 0.127. The molecule has 3 nitrogen and oxygen atoms in total. The van der Waals surface area contributed by atoms with Crippen LogP contribution in [0.2, 0.25) is 5.15 Å². The van der Waals surface area contributed by atoms with Crippen molar-refractivity contribution in [3.8, 4) is 0 Å². The van der Waals surface area contributed by atoms with E-state index in [2.05, 4.69) is 11.9 Å². The Morgan fingerprint density at radius 1 is 1.28 bits per heavy atom. The van der Waals surface area contributed by atoms with E-state index in [1.807, 2.05) is 6.92 Å². The molecular weight excluding hydrogens is 268 g/mol. The van der Waals surface area contributed by atoms with Crippen LogP contribution in [0.15, 0.2) is 5.03 Å². The molecule has 0 bridgehead atoms. The molecule has 2 aliphatic rings. The summed E-state index contributed by atoms with van der Waals surface area (Å²) >= 11 is 8.02.